The van der Waals surface area contributed by atoms with Gasteiger partial charge in [0.15, 0.2) is 18.9 Å². The van der Waals surface area contributed by atoms with Gasteiger partial charge in [0.05, 0.1) is 38.6 Å². The number of allylic oxidation sites excluding steroid dienone is 7. The Hall–Kier alpha value is -2.25. The summed E-state index contributed by atoms with van der Waals surface area (Å²) in [5, 5.41) is 121. The van der Waals surface area contributed by atoms with E-state index in [0.29, 0.717) is 12.8 Å². The third-order valence-electron chi connectivity index (χ3n) is 23.3. The van der Waals surface area contributed by atoms with E-state index >= 15 is 0 Å². The molecular formula is C93H173NO18. The van der Waals surface area contributed by atoms with E-state index in [1.165, 1.54) is 327 Å². The lowest BCUT2D eigenvalue weighted by Crippen LogP contribution is -2.66. The summed E-state index contributed by atoms with van der Waals surface area (Å²) >= 11 is 0. The monoisotopic (exact) mass is 1590 g/mol. The molecule has 0 bridgehead atoms. The topological polar surface area (TPSA) is 307 Å². The highest BCUT2D eigenvalue weighted by molar-refractivity contribution is 5.76. The van der Waals surface area contributed by atoms with Gasteiger partial charge in [0.1, 0.15) is 73.2 Å². The molecule has 19 nitrogen and oxygen atoms in total. The van der Waals surface area contributed by atoms with E-state index in [9.17, 15) is 61.0 Å². The molecule has 3 heterocycles. The molecule has 0 aromatic rings. The molecule has 0 aromatic heterocycles. The molecule has 19 heteroatoms. The van der Waals surface area contributed by atoms with Crippen molar-refractivity contribution in [2.45, 2.75) is 510 Å². The van der Waals surface area contributed by atoms with Crippen LogP contribution in [0.1, 0.15) is 406 Å². The van der Waals surface area contributed by atoms with E-state index in [0.717, 1.165) is 44.9 Å². The van der Waals surface area contributed by atoms with Crippen LogP contribution in [-0.2, 0) is 33.2 Å². The first-order valence-corrected chi connectivity index (χ1v) is 46.9. The number of unbranched alkanes of at least 4 members (excludes halogenated alkanes) is 55. The highest BCUT2D eigenvalue weighted by atomic mass is 16.8. The molecule has 1 amide bonds. The Balaban J connectivity index is 1.33. The Morgan fingerprint density at radius 2 is 0.571 bits per heavy atom. The number of hydrogen-bond acceptors (Lipinski definition) is 18. The van der Waals surface area contributed by atoms with Gasteiger partial charge in [0.25, 0.3) is 0 Å². The maximum absolute atomic E-state index is 13.5. The minimum atomic E-state index is -1.98. The molecule has 3 aliphatic heterocycles. The van der Waals surface area contributed by atoms with Gasteiger partial charge in [0, 0.05) is 6.42 Å². The van der Waals surface area contributed by atoms with Crippen molar-refractivity contribution in [3.8, 4) is 0 Å². The van der Waals surface area contributed by atoms with Gasteiger partial charge in [-0.15, -0.1) is 0 Å². The van der Waals surface area contributed by atoms with Crippen molar-refractivity contribution in [1.29, 1.82) is 0 Å². The minimum absolute atomic E-state index is 0.235. The quantitative estimate of drug-likeness (QED) is 0.0199. The largest absolute Gasteiger partial charge is 0.394 e. The minimum Gasteiger partial charge on any atom is -0.394 e. The summed E-state index contributed by atoms with van der Waals surface area (Å²) in [7, 11) is 0. The van der Waals surface area contributed by atoms with Crippen LogP contribution < -0.4 is 5.32 Å². The Bertz CT molecular complexity index is 2200. The molecule has 0 aliphatic carbocycles. The predicted octanol–water partition coefficient (Wildman–Crippen LogP) is 18.4. The number of rotatable bonds is 77. The van der Waals surface area contributed by atoms with Gasteiger partial charge < -0.3 is 89.9 Å². The van der Waals surface area contributed by atoms with Crippen LogP contribution in [0.5, 0.6) is 0 Å². The summed E-state index contributed by atoms with van der Waals surface area (Å²) in [6, 6.07) is -0.999. The van der Waals surface area contributed by atoms with Gasteiger partial charge in [0.2, 0.25) is 5.91 Å². The Morgan fingerprint density at radius 3 is 0.893 bits per heavy atom. The van der Waals surface area contributed by atoms with Crippen LogP contribution in [-0.4, -0.2) is 193 Å². The number of aliphatic hydroxyl groups is 11. The fourth-order valence-corrected chi connectivity index (χ4v) is 15.9. The van der Waals surface area contributed by atoms with Crippen LogP contribution in [0.25, 0.3) is 0 Å². The molecule has 0 spiro atoms. The first-order valence-electron chi connectivity index (χ1n) is 46.9. The van der Waals surface area contributed by atoms with Crippen LogP contribution in [0.4, 0.5) is 0 Å². The number of nitrogens with one attached hydrogen (secondary N) is 1. The van der Waals surface area contributed by atoms with Crippen molar-refractivity contribution >= 4 is 5.91 Å². The van der Waals surface area contributed by atoms with Gasteiger partial charge >= 0.3 is 0 Å². The van der Waals surface area contributed by atoms with Crippen molar-refractivity contribution in [2.24, 2.45) is 0 Å². The number of hydrogen-bond donors (Lipinski definition) is 12. The third-order valence-corrected chi connectivity index (χ3v) is 23.3. The molecular weight excluding hydrogens is 1420 g/mol. The van der Waals surface area contributed by atoms with Crippen molar-refractivity contribution in [3.63, 3.8) is 0 Å². The second-order valence-electron chi connectivity index (χ2n) is 33.5. The van der Waals surface area contributed by atoms with Crippen LogP contribution in [0, 0.1) is 0 Å². The summed E-state index contributed by atoms with van der Waals surface area (Å²) in [5.74, 6) is -0.282. The van der Waals surface area contributed by atoms with Crippen molar-refractivity contribution in [1.82, 2.24) is 5.32 Å². The lowest BCUT2D eigenvalue weighted by atomic mass is 9.96. The fourth-order valence-electron chi connectivity index (χ4n) is 15.9. The van der Waals surface area contributed by atoms with Crippen molar-refractivity contribution in [3.05, 3.63) is 48.6 Å². The predicted molar refractivity (Wildman–Crippen MR) is 452 cm³/mol. The normalized spacial score (nSPS) is 25.1. The van der Waals surface area contributed by atoms with E-state index < -0.39 is 124 Å². The summed E-state index contributed by atoms with van der Waals surface area (Å²) in [6.45, 7) is 1.78. The lowest BCUT2D eigenvalue weighted by Gasteiger charge is -2.48. The molecule has 0 radical (unpaired) electrons. The van der Waals surface area contributed by atoms with Crippen LogP contribution in [0.15, 0.2) is 48.6 Å². The number of ether oxygens (including phenoxy) is 6. The number of amides is 1. The molecule has 658 valence electrons. The zero-order valence-corrected chi connectivity index (χ0v) is 71.2. The Kier molecular flexibility index (Phi) is 67.5. The van der Waals surface area contributed by atoms with E-state index in [1.807, 2.05) is 6.08 Å². The highest BCUT2D eigenvalue weighted by Gasteiger charge is 2.54. The molecule has 17 unspecified atom stereocenters. The third kappa shape index (κ3) is 50.6. The van der Waals surface area contributed by atoms with Crippen LogP contribution >= 0.6 is 0 Å². The Morgan fingerprint density at radius 1 is 0.312 bits per heavy atom. The second-order valence-corrected chi connectivity index (χ2v) is 33.5. The number of carbonyl (C=O) groups is 1. The molecule has 3 aliphatic rings. The summed E-state index contributed by atoms with van der Waals surface area (Å²) in [4.78, 5) is 13.5. The molecule has 0 saturated carbocycles. The standard InChI is InChI=1S/C93H173NO18/c1-3-5-7-9-11-13-15-17-19-21-23-25-27-29-31-33-35-37-38-39-41-43-45-47-49-51-53-55-57-59-61-63-65-67-69-71-81(99)94-76(77(98)70-68-66-64-62-60-58-56-54-52-50-48-46-44-42-40-36-34-32-30-28-26-24-22-20-18-16-14-12-10-8-6-4-2)75-107-91-87(105)84(102)89(79(73-96)109-91)112-93-88(106)85(103)90(80(74-97)110-93)111-92-86(104)83(101)82(100)78(72-95)108-92/h21,23,52,54,60,62,68,70,76-80,82-93,95-98,100-106H,3-20,22,24-51,53,55-59,61,63-67,69,71-75H2,1-2H3,(H,94,99)/b23-21-,54-52+,62-60+,70-68+. The first-order chi connectivity index (χ1) is 54.8. The van der Waals surface area contributed by atoms with Gasteiger partial charge in [-0.05, 0) is 70.6 Å². The van der Waals surface area contributed by atoms with Gasteiger partial charge in [-0.2, -0.15) is 0 Å². The van der Waals surface area contributed by atoms with Crippen LogP contribution in [0.3, 0.4) is 0 Å². The van der Waals surface area contributed by atoms with Gasteiger partial charge in [-0.25, -0.2) is 0 Å². The summed E-state index contributed by atoms with van der Waals surface area (Å²) in [5.41, 5.74) is 0. The molecule has 112 heavy (non-hydrogen) atoms. The molecule has 3 fully saturated rings. The van der Waals surface area contributed by atoms with Crippen molar-refractivity contribution < 1.29 is 89.4 Å². The average molecular weight is 1590 g/mol. The second kappa shape index (κ2) is 72.7. The zero-order chi connectivity index (χ0) is 81.0. The number of aliphatic hydroxyl groups excluding tert-OH is 11. The SMILES string of the molecule is CCCCCCCCCC/C=C\CCCCCCCCCCCCCCCCCCCCCCCCCC(=O)NC(COC1OC(CO)C(OC2OC(CO)C(OC3OC(CO)C(O)C(O)C3O)C(O)C2O)C(O)C1O)C(O)/C=C/CC/C=C/CC/C=C/CCCCCCCCCCCCCCCCCCCCCCCC. The molecule has 12 N–H and O–H groups in total. The fraction of sp³-hybridized carbons (Fsp3) is 0.903. The first kappa shape index (κ1) is 104. The number of carbonyl (C=O) groups excluding carboxylic acids is 1. The van der Waals surface area contributed by atoms with E-state index in [4.69, 9.17) is 28.4 Å². The molecule has 0 aromatic carbocycles. The summed E-state index contributed by atoms with van der Waals surface area (Å²) in [6.07, 6.45) is 68.6. The highest BCUT2D eigenvalue weighted by Crippen LogP contribution is 2.34. The van der Waals surface area contributed by atoms with E-state index in [2.05, 4.69) is 55.6 Å². The van der Waals surface area contributed by atoms with E-state index in [-0.39, 0.29) is 18.9 Å². The zero-order valence-electron chi connectivity index (χ0n) is 71.2. The van der Waals surface area contributed by atoms with Crippen LogP contribution in [0.2, 0.25) is 0 Å². The lowest BCUT2D eigenvalue weighted by molar-refractivity contribution is -0.379. The molecule has 17 atom stereocenters. The average Bonchev–Trinajstić information content (AvgIpc) is 0.782. The summed E-state index contributed by atoms with van der Waals surface area (Å²) < 4.78 is 34.5. The van der Waals surface area contributed by atoms with Gasteiger partial charge in [-0.3, -0.25) is 4.79 Å². The smallest absolute Gasteiger partial charge is 0.220 e. The molecule has 3 rings (SSSR count). The van der Waals surface area contributed by atoms with Crippen molar-refractivity contribution in [2.75, 3.05) is 26.4 Å². The van der Waals surface area contributed by atoms with Gasteiger partial charge in [-0.1, -0.05) is 377 Å². The Labute approximate surface area is 682 Å². The maximum atomic E-state index is 13.5. The van der Waals surface area contributed by atoms with E-state index in [1.54, 1.807) is 6.08 Å². The molecule has 3 saturated heterocycles. The maximum Gasteiger partial charge on any atom is 0.220 e.